The molecule has 1 aliphatic heterocycles. The molecule has 1 heterocycles. The van der Waals surface area contributed by atoms with Crippen molar-refractivity contribution in [2.75, 3.05) is 26.1 Å². The molecule has 3 nitrogen and oxygen atoms in total. The first-order valence-corrected chi connectivity index (χ1v) is 4.83. The van der Waals surface area contributed by atoms with Gasteiger partial charge in [-0.3, -0.25) is 0 Å². The second kappa shape index (κ2) is 3.88. The lowest BCUT2D eigenvalue weighted by Gasteiger charge is -2.26. The molecule has 1 atom stereocenters. The Hall–Kier alpha value is -1.22. The Bertz CT molecular complexity index is 325. The third kappa shape index (κ3) is 1.55. The van der Waals surface area contributed by atoms with Gasteiger partial charge < -0.3 is 15.2 Å². The van der Waals surface area contributed by atoms with Gasteiger partial charge in [0.2, 0.25) is 0 Å². The summed E-state index contributed by atoms with van der Waals surface area (Å²) in [7, 11) is 1.72. The molecule has 2 N–H and O–H groups in total. The summed E-state index contributed by atoms with van der Waals surface area (Å²) in [5.41, 5.74) is 7.85. The van der Waals surface area contributed by atoms with Crippen LogP contribution in [-0.2, 0) is 4.74 Å². The number of nitrogens with two attached hydrogens (primary N) is 1. The van der Waals surface area contributed by atoms with Crippen molar-refractivity contribution in [1.82, 2.24) is 0 Å². The number of nitrogen functional groups attached to an aromatic ring is 1. The summed E-state index contributed by atoms with van der Waals surface area (Å²) in [5, 5.41) is 0. The van der Waals surface area contributed by atoms with Crippen LogP contribution in [-0.4, -0.2) is 20.3 Å². The van der Waals surface area contributed by atoms with Crippen molar-refractivity contribution >= 4 is 5.69 Å². The molecule has 1 aromatic rings. The molecule has 1 aromatic carbocycles. The number of methoxy groups -OCH3 is 1. The van der Waals surface area contributed by atoms with Crippen LogP contribution in [0.2, 0.25) is 0 Å². The van der Waals surface area contributed by atoms with Gasteiger partial charge >= 0.3 is 0 Å². The Morgan fingerprint density at radius 3 is 3.21 bits per heavy atom. The maximum Gasteiger partial charge on any atom is 0.124 e. The van der Waals surface area contributed by atoms with Crippen molar-refractivity contribution in [3.05, 3.63) is 23.8 Å². The lowest BCUT2D eigenvalue weighted by Crippen LogP contribution is -2.19. The van der Waals surface area contributed by atoms with E-state index in [-0.39, 0.29) is 0 Å². The molecular formula is C11H15NO2. The van der Waals surface area contributed by atoms with Gasteiger partial charge in [-0.2, -0.15) is 0 Å². The molecule has 0 bridgehead atoms. The van der Waals surface area contributed by atoms with E-state index in [9.17, 15) is 0 Å². The van der Waals surface area contributed by atoms with Crippen LogP contribution < -0.4 is 10.5 Å². The quantitative estimate of drug-likeness (QED) is 0.728. The minimum absolute atomic E-state index is 0.380. The highest BCUT2D eigenvalue weighted by Crippen LogP contribution is 2.37. The smallest absolute Gasteiger partial charge is 0.124 e. The zero-order chi connectivity index (χ0) is 9.97. The predicted molar refractivity (Wildman–Crippen MR) is 55.6 cm³/mol. The first kappa shape index (κ1) is 9.34. The van der Waals surface area contributed by atoms with Gasteiger partial charge in [0.1, 0.15) is 5.75 Å². The Kier molecular flexibility index (Phi) is 2.59. The van der Waals surface area contributed by atoms with Crippen molar-refractivity contribution in [3.8, 4) is 5.75 Å². The molecule has 3 heteroatoms. The molecule has 0 aromatic heterocycles. The number of ether oxygens (including phenoxy) is 2. The number of benzene rings is 1. The molecule has 76 valence electrons. The fourth-order valence-electron chi connectivity index (χ4n) is 1.95. The molecule has 0 saturated heterocycles. The SMILES string of the molecule is COCC1CCOc2cccc(N)c21. The molecule has 0 radical (unpaired) electrons. The fourth-order valence-corrected chi connectivity index (χ4v) is 1.95. The lowest BCUT2D eigenvalue weighted by atomic mass is 9.92. The predicted octanol–water partition coefficient (Wildman–Crippen LogP) is 1.78. The number of hydrogen-bond donors (Lipinski definition) is 1. The Morgan fingerprint density at radius 1 is 1.57 bits per heavy atom. The zero-order valence-electron chi connectivity index (χ0n) is 8.32. The van der Waals surface area contributed by atoms with E-state index in [1.54, 1.807) is 7.11 Å². The number of anilines is 1. The first-order valence-electron chi connectivity index (χ1n) is 4.83. The summed E-state index contributed by atoms with van der Waals surface area (Å²) in [5.74, 6) is 1.29. The molecule has 2 rings (SSSR count). The molecule has 1 aliphatic rings. The Morgan fingerprint density at radius 2 is 2.43 bits per heavy atom. The van der Waals surface area contributed by atoms with Crippen LogP contribution in [0.4, 0.5) is 5.69 Å². The van der Waals surface area contributed by atoms with E-state index < -0.39 is 0 Å². The maximum absolute atomic E-state index is 5.93. The molecule has 14 heavy (non-hydrogen) atoms. The van der Waals surface area contributed by atoms with Gasteiger partial charge in [0, 0.05) is 24.3 Å². The largest absolute Gasteiger partial charge is 0.493 e. The molecule has 0 spiro atoms. The summed E-state index contributed by atoms with van der Waals surface area (Å²) in [6, 6.07) is 5.80. The molecule has 0 fully saturated rings. The van der Waals surface area contributed by atoms with Crippen molar-refractivity contribution in [3.63, 3.8) is 0 Å². The second-order valence-electron chi connectivity index (χ2n) is 3.55. The minimum atomic E-state index is 0.380. The van der Waals surface area contributed by atoms with Crippen LogP contribution in [0.15, 0.2) is 18.2 Å². The number of fused-ring (bicyclic) bond motifs is 1. The Balaban J connectivity index is 2.36. The molecule has 0 aliphatic carbocycles. The van der Waals surface area contributed by atoms with E-state index >= 15 is 0 Å². The van der Waals surface area contributed by atoms with Gasteiger partial charge in [0.05, 0.1) is 13.2 Å². The highest BCUT2D eigenvalue weighted by molar-refractivity contribution is 5.56. The van der Waals surface area contributed by atoms with Gasteiger partial charge in [-0.1, -0.05) is 6.07 Å². The van der Waals surface area contributed by atoms with Gasteiger partial charge in [0.15, 0.2) is 0 Å². The molecule has 0 saturated carbocycles. The van der Waals surface area contributed by atoms with Crippen molar-refractivity contribution in [2.24, 2.45) is 0 Å². The van der Waals surface area contributed by atoms with Crippen LogP contribution in [0.5, 0.6) is 5.75 Å². The standard InChI is InChI=1S/C11H15NO2/c1-13-7-8-5-6-14-10-4-2-3-9(12)11(8)10/h2-4,8H,5-7,12H2,1H3. The summed E-state index contributed by atoms with van der Waals surface area (Å²) in [6.07, 6.45) is 0.981. The number of hydrogen-bond acceptors (Lipinski definition) is 3. The van der Waals surface area contributed by atoms with Gasteiger partial charge in [-0.05, 0) is 18.6 Å². The summed E-state index contributed by atoms with van der Waals surface area (Å²) in [4.78, 5) is 0. The van der Waals surface area contributed by atoms with Crippen LogP contribution >= 0.6 is 0 Å². The monoisotopic (exact) mass is 193 g/mol. The average Bonchev–Trinajstić information content (AvgIpc) is 2.19. The minimum Gasteiger partial charge on any atom is -0.493 e. The normalized spacial score (nSPS) is 19.9. The lowest BCUT2D eigenvalue weighted by molar-refractivity contribution is 0.154. The summed E-state index contributed by atoms with van der Waals surface area (Å²) < 4.78 is 10.7. The van der Waals surface area contributed by atoms with E-state index in [0.29, 0.717) is 12.5 Å². The molecular weight excluding hydrogens is 178 g/mol. The topological polar surface area (TPSA) is 44.5 Å². The first-order chi connectivity index (χ1) is 6.83. The highest BCUT2D eigenvalue weighted by atomic mass is 16.5. The van der Waals surface area contributed by atoms with Crippen LogP contribution in [0, 0.1) is 0 Å². The Labute approximate surface area is 83.8 Å². The van der Waals surface area contributed by atoms with Crippen molar-refractivity contribution in [2.45, 2.75) is 12.3 Å². The van der Waals surface area contributed by atoms with Crippen LogP contribution in [0.1, 0.15) is 17.9 Å². The zero-order valence-corrected chi connectivity index (χ0v) is 8.32. The maximum atomic E-state index is 5.93. The van der Waals surface area contributed by atoms with E-state index in [0.717, 1.165) is 30.0 Å². The summed E-state index contributed by atoms with van der Waals surface area (Å²) in [6.45, 7) is 1.47. The van der Waals surface area contributed by atoms with E-state index in [1.807, 2.05) is 18.2 Å². The van der Waals surface area contributed by atoms with Crippen molar-refractivity contribution < 1.29 is 9.47 Å². The van der Waals surface area contributed by atoms with Crippen LogP contribution in [0.3, 0.4) is 0 Å². The van der Waals surface area contributed by atoms with Crippen LogP contribution in [0.25, 0.3) is 0 Å². The van der Waals surface area contributed by atoms with Gasteiger partial charge in [-0.15, -0.1) is 0 Å². The summed E-state index contributed by atoms with van der Waals surface area (Å²) >= 11 is 0. The van der Waals surface area contributed by atoms with E-state index in [2.05, 4.69) is 0 Å². The number of rotatable bonds is 2. The van der Waals surface area contributed by atoms with Crippen molar-refractivity contribution in [1.29, 1.82) is 0 Å². The van der Waals surface area contributed by atoms with E-state index in [1.165, 1.54) is 0 Å². The fraction of sp³-hybridized carbons (Fsp3) is 0.455. The van der Waals surface area contributed by atoms with Gasteiger partial charge in [-0.25, -0.2) is 0 Å². The average molecular weight is 193 g/mol. The third-order valence-electron chi connectivity index (χ3n) is 2.60. The third-order valence-corrected chi connectivity index (χ3v) is 2.60. The van der Waals surface area contributed by atoms with Gasteiger partial charge in [0.25, 0.3) is 0 Å². The molecule has 0 amide bonds. The van der Waals surface area contributed by atoms with E-state index in [4.69, 9.17) is 15.2 Å². The second-order valence-corrected chi connectivity index (χ2v) is 3.55. The highest BCUT2D eigenvalue weighted by Gasteiger charge is 2.23. The molecule has 1 unspecified atom stereocenters.